The molecule has 1 atom stereocenters. The summed E-state index contributed by atoms with van der Waals surface area (Å²) in [7, 11) is 0. The van der Waals surface area contributed by atoms with Gasteiger partial charge in [0.15, 0.2) is 6.61 Å². The molecule has 2 aliphatic rings. The maximum Gasteiger partial charge on any atom is 0.490 e. The number of rotatable bonds is 15. The van der Waals surface area contributed by atoms with E-state index >= 15 is 0 Å². The number of aliphatic carboxylic acids is 1. The Kier molecular flexibility index (Phi) is 14.0. The predicted octanol–water partition coefficient (Wildman–Crippen LogP) is 5.01. The molecule has 18 heteroatoms. The van der Waals surface area contributed by atoms with Crippen molar-refractivity contribution in [3.8, 4) is 11.5 Å². The summed E-state index contributed by atoms with van der Waals surface area (Å²) in [5.41, 5.74) is 11.6. The lowest BCUT2D eigenvalue weighted by atomic mass is 10.1. The topological polar surface area (TPSA) is 202 Å². The summed E-state index contributed by atoms with van der Waals surface area (Å²) in [6.45, 7) is 1.29. The minimum atomic E-state index is -5.08. The zero-order valence-corrected chi connectivity index (χ0v) is 30.7. The number of amides is 4. The second-order valence-electron chi connectivity index (χ2n) is 12.8. The zero-order valence-electron chi connectivity index (χ0n) is 29.8. The van der Waals surface area contributed by atoms with E-state index in [0.29, 0.717) is 60.1 Å². The average Bonchev–Trinajstić information content (AvgIpc) is 3.89. The van der Waals surface area contributed by atoms with Gasteiger partial charge in [-0.05, 0) is 73.7 Å². The summed E-state index contributed by atoms with van der Waals surface area (Å²) in [4.78, 5) is 65.2. The summed E-state index contributed by atoms with van der Waals surface area (Å²) in [6.07, 6.45) is -1.33. The third-order valence-electron chi connectivity index (χ3n) is 8.40. The van der Waals surface area contributed by atoms with Gasteiger partial charge in [0.05, 0.1) is 29.5 Å². The van der Waals surface area contributed by atoms with Crippen molar-refractivity contribution in [3.05, 3.63) is 100 Å². The third-order valence-corrected chi connectivity index (χ3v) is 9.04. The number of carbonyl (C=O) groups excluding carboxylic acids is 4. The summed E-state index contributed by atoms with van der Waals surface area (Å²) in [6, 6.07) is 19.0. The minimum Gasteiger partial charge on any atom is -0.494 e. The fourth-order valence-electron chi connectivity index (χ4n) is 5.37. The van der Waals surface area contributed by atoms with E-state index in [0.717, 1.165) is 36.9 Å². The molecule has 6 N–H and O–H groups in total. The molecule has 6 rings (SSSR count). The van der Waals surface area contributed by atoms with Crippen LogP contribution in [-0.2, 0) is 27.3 Å². The van der Waals surface area contributed by atoms with Crippen LogP contribution in [0.25, 0.3) is 0 Å². The number of thiazole rings is 1. The molecule has 56 heavy (non-hydrogen) atoms. The first-order chi connectivity index (χ1) is 26.8. The molecule has 296 valence electrons. The second kappa shape index (κ2) is 19.0. The van der Waals surface area contributed by atoms with Gasteiger partial charge >= 0.3 is 12.1 Å². The molecule has 1 saturated carbocycles. The van der Waals surface area contributed by atoms with E-state index in [1.54, 1.807) is 48.0 Å². The Morgan fingerprint density at radius 1 is 1.05 bits per heavy atom. The lowest BCUT2D eigenvalue weighted by molar-refractivity contribution is -0.192. The number of fused-ring (bicyclic) bond motifs is 1. The van der Waals surface area contributed by atoms with Crippen molar-refractivity contribution in [3.63, 3.8) is 0 Å². The summed E-state index contributed by atoms with van der Waals surface area (Å²) >= 11 is 1.48. The molecule has 1 fully saturated rings. The predicted molar refractivity (Wildman–Crippen MR) is 200 cm³/mol. The van der Waals surface area contributed by atoms with Gasteiger partial charge in [0.2, 0.25) is 5.91 Å². The number of aromatic nitrogens is 1. The van der Waals surface area contributed by atoms with Gasteiger partial charge in [0, 0.05) is 53.8 Å². The molecule has 0 saturated heterocycles. The number of carboxylic acids is 1. The fourth-order valence-corrected chi connectivity index (χ4v) is 5.94. The van der Waals surface area contributed by atoms with Crippen molar-refractivity contribution < 1.29 is 51.7 Å². The van der Waals surface area contributed by atoms with E-state index in [2.05, 4.69) is 20.9 Å². The third kappa shape index (κ3) is 12.3. The van der Waals surface area contributed by atoms with Crippen LogP contribution < -0.4 is 31.2 Å². The molecule has 0 unspecified atom stereocenters. The van der Waals surface area contributed by atoms with Gasteiger partial charge in [0.25, 0.3) is 17.7 Å². The Bertz CT molecular complexity index is 2010. The molecular formula is C38H39F3N6O8S. The van der Waals surface area contributed by atoms with Crippen molar-refractivity contribution >= 4 is 52.3 Å². The maximum absolute atomic E-state index is 13.5. The Morgan fingerprint density at radius 3 is 2.46 bits per heavy atom. The monoisotopic (exact) mass is 796 g/mol. The zero-order chi connectivity index (χ0) is 40.2. The average molecular weight is 797 g/mol. The first-order valence-corrected chi connectivity index (χ1v) is 18.4. The van der Waals surface area contributed by atoms with Crippen LogP contribution in [0.2, 0.25) is 0 Å². The lowest BCUT2D eigenvalue weighted by Crippen LogP contribution is -2.42. The Hall–Kier alpha value is -6.01. The van der Waals surface area contributed by atoms with E-state index in [1.807, 2.05) is 34.5 Å². The van der Waals surface area contributed by atoms with Crippen LogP contribution in [0.4, 0.5) is 24.5 Å². The molecule has 1 aliphatic carbocycles. The van der Waals surface area contributed by atoms with E-state index < -0.39 is 18.2 Å². The number of hydrogen-bond donors (Lipinski definition) is 5. The number of benzene rings is 3. The standard InChI is InChI=1S/C36H38N6O6S.C2HF3O2/c37-30(18-27-21-49-22-39-27)35(45)38-14-1-2-15-47-29-5-3-4-26(17-29)40-34(44)24-8-6-23(7-9-24)19-42(28-11-12-28)36(46)25-10-13-31-32(16-25)48-20-33(43)41-31;3-2(4,5)1(6)7/h3-10,13,16-17,21-22,28,30H,1-2,11-12,14-15,18-20,37H2,(H,38,45)(H,40,44)(H,41,43);(H,6,7)/t30-;/m0./s1. The van der Waals surface area contributed by atoms with Crippen molar-refractivity contribution in [2.75, 3.05) is 30.4 Å². The normalized spacial score (nSPS) is 13.8. The smallest absolute Gasteiger partial charge is 0.490 e. The SMILES string of the molecule is N[C@@H](Cc1cscn1)C(=O)NCCCCOc1cccc(NC(=O)c2ccc(CN(C(=O)c3ccc4c(c3)OCC(=O)N4)C3CC3)cc2)c1.O=C(O)C(F)(F)F. The van der Waals surface area contributed by atoms with E-state index in [4.69, 9.17) is 25.1 Å². The van der Waals surface area contributed by atoms with Gasteiger partial charge < -0.3 is 41.2 Å². The maximum atomic E-state index is 13.5. The van der Waals surface area contributed by atoms with Gasteiger partial charge in [-0.2, -0.15) is 13.2 Å². The van der Waals surface area contributed by atoms with Crippen LogP contribution in [0.1, 0.15) is 57.7 Å². The number of unbranched alkanes of at least 4 members (excludes halogenated alkanes) is 1. The number of halogens is 3. The Morgan fingerprint density at radius 2 is 1.79 bits per heavy atom. The number of carbonyl (C=O) groups is 5. The van der Waals surface area contributed by atoms with Crippen molar-refractivity contribution in [1.29, 1.82) is 0 Å². The van der Waals surface area contributed by atoms with Crippen LogP contribution in [0, 0.1) is 0 Å². The highest BCUT2D eigenvalue weighted by Crippen LogP contribution is 2.33. The number of ether oxygens (including phenoxy) is 2. The quantitative estimate of drug-likeness (QED) is 0.102. The first-order valence-electron chi connectivity index (χ1n) is 17.5. The Labute approximate surface area is 323 Å². The molecule has 4 aromatic rings. The summed E-state index contributed by atoms with van der Waals surface area (Å²) in [5.74, 6) is -2.43. The molecule has 1 aliphatic heterocycles. The Balaban J connectivity index is 0.000000784. The van der Waals surface area contributed by atoms with Gasteiger partial charge in [-0.3, -0.25) is 19.2 Å². The van der Waals surface area contributed by atoms with Crippen LogP contribution in [0.15, 0.2) is 77.6 Å². The second-order valence-corrected chi connectivity index (χ2v) is 13.5. The van der Waals surface area contributed by atoms with Gasteiger partial charge in [0.1, 0.15) is 11.5 Å². The van der Waals surface area contributed by atoms with Crippen molar-refractivity contribution in [2.24, 2.45) is 5.73 Å². The van der Waals surface area contributed by atoms with E-state index in [1.165, 1.54) is 11.3 Å². The summed E-state index contributed by atoms with van der Waals surface area (Å²) < 4.78 is 43.1. The molecule has 0 bridgehead atoms. The van der Waals surface area contributed by atoms with Gasteiger partial charge in [-0.1, -0.05) is 18.2 Å². The fraction of sp³-hybridized carbons (Fsp3) is 0.316. The summed E-state index contributed by atoms with van der Waals surface area (Å²) in [5, 5.41) is 17.5. The molecular weight excluding hydrogens is 758 g/mol. The minimum absolute atomic E-state index is 0.0776. The molecule has 2 heterocycles. The molecule has 3 aromatic carbocycles. The number of anilines is 2. The first kappa shape index (κ1) is 41.2. The van der Waals surface area contributed by atoms with E-state index in [9.17, 15) is 32.3 Å². The number of nitrogens with zero attached hydrogens (tertiary/aromatic N) is 2. The highest BCUT2D eigenvalue weighted by atomic mass is 32.1. The molecule has 0 spiro atoms. The number of hydrogen-bond acceptors (Lipinski definition) is 10. The molecule has 1 aromatic heterocycles. The van der Waals surface area contributed by atoms with Crippen LogP contribution >= 0.6 is 11.3 Å². The molecule has 0 radical (unpaired) electrons. The van der Waals surface area contributed by atoms with Crippen molar-refractivity contribution in [2.45, 2.75) is 56.9 Å². The van der Waals surface area contributed by atoms with Crippen LogP contribution in [0.5, 0.6) is 11.5 Å². The molecule has 4 amide bonds. The van der Waals surface area contributed by atoms with Crippen LogP contribution in [-0.4, -0.2) is 82.6 Å². The number of nitrogens with one attached hydrogen (secondary N) is 3. The lowest BCUT2D eigenvalue weighted by Gasteiger charge is -2.24. The number of alkyl halides is 3. The molecule has 14 nitrogen and oxygen atoms in total. The highest BCUT2D eigenvalue weighted by Gasteiger charge is 2.38. The van der Waals surface area contributed by atoms with Gasteiger partial charge in [-0.25, -0.2) is 9.78 Å². The highest BCUT2D eigenvalue weighted by molar-refractivity contribution is 7.07. The van der Waals surface area contributed by atoms with Crippen LogP contribution in [0.3, 0.4) is 0 Å². The van der Waals surface area contributed by atoms with E-state index in [-0.39, 0.29) is 36.3 Å². The number of carboxylic acid groups (broad SMARTS) is 1. The van der Waals surface area contributed by atoms with Crippen molar-refractivity contribution in [1.82, 2.24) is 15.2 Å². The van der Waals surface area contributed by atoms with Gasteiger partial charge in [-0.15, -0.1) is 11.3 Å². The number of nitrogens with two attached hydrogens (primary N) is 1. The largest absolute Gasteiger partial charge is 0.494 e.